The third-order valence-electron chi connectivity index (χ3n) is 4.82. The van der Waals surface area contributed by atoms with Crippen LogP contribution in [0, 0.1) is 10.1 Å². The molecule has 3 rings (SSSR count). The number of aryl methyl sites for hydroxylation is 1. The second-order valence-electron chi connectivity index (χ2n) is 6.65. The molecule has 2 N–H and O–H groups in total. The molecule has 0 bridgehead atoms. The van der Waals surface area contributed by atoms with Gasteiger partial charge in [0, 0.05) is 44.6 Å². The fraction of sp³-hybridized carbons (Fsp3) is 0.368. The molecule has 1 saturated heterocycles. The predicted molar refractivity (Wildman–Crippen MR) is 105 cm³/mol. The summed E-state index contributed by atoms with van der Waals surface area (Å²) in [6, 6.07) is 9.44. The van der Waals surface area contributed by atoms with Gasteiger partial charge in [0.05, 0.1) is 24.2 Å². The maximum absolute atomic E-state index is 12.3. The summed E-state index contributed by atoms with van der Waals surface area (Å²) in [6.07, 6.45) is 1.92. The second kappa shape index (κ2) is 9.30. The molecule has 0 spiro atoms. The summed E-state index contributed by atoms with van der Waals surface area (Å²) in [5, 5.41) is 16.0. The van der Waals surface area contributed by atoms with E-state index in [-0.39, 0.29) is 24.0 Å². The van der Waals surface area contributed by atoms with Gasteiger partial charge in [-0.25, -0.2) is 0 Å². The van der Waals surface area contributed by atoms with Crippen LogP contribution < -0.4 is 10.6 Å². The first-order valence-electron chi connectivity index (χ1n) is 9.23. The number of amides is 2. The molecule has 1 aliphatic heterocycles. The van der Waals surface area contributed by atoms with E-state index in [1.165, 1.54) is 18.2 Å². The quantitative estimate of drug-likeness (QED) is 0.424. The Bertz CT molecular complexity index is 891. The van der Waals surface area contributed by atoms with Gasteiger partial charge in [0.2, 0.25) is 0 Å². The maximum atomic E-state index is 12.3. The van der Waals surface area contributed by atoms with E-state index < -0.39 is 16.7 Å². The first-order chi connectivity index (χ1) is 14.0. The number of carbonyl (C=O) groups excluding carboxylic acids is 2. The number of para-hydroxylation sites is 2. The van der Waals surface area contributed by atoms with E-state index in [0.717, 1.165) is 5.69 Å². The first-order valence-corrected chi connectivity index (χ1v) is 9.23. The van der Waals surface area contributed by atoms with E-state index in [9.17, 15) is 19.7 Å². The van der Waals surface area contributed by atoms with Gasteiger partial charge < -0.3 is 19.9 Å². The van der Waals surface area contributed by atoms with Gasteiger partial charge in [0.15, 0.2) is 0 Å². The summed E-state index contributed by atoms with van der Waals surface area (Å²) < 4.78 is 7.38. The molecule has 10 heteroatoms. The summed E-state index contributed by atoms with van der Waals surface area (Å²) in [5.41, 5.74) is 0.708. The predicted octanol–water partition coefficient (Wildman–Crippen LogP) is 1.06. The highest BCUT2D eigenvalue weighted by molar-refractivity contribution is 6.39. The van der Waals surface area contributed by atoms with E-state index in [2.05, 4.69) is 15.5 Å². The van der Waals surface area contributed by atoms with Gasteiger partial charge in [-0.1, -0.05) is 12.1 Å². The Hall–Kier alpha value is -3.24. The molecule has 1 aromatic carbocycles. The van der Waals surface area contributed by atoms with Gasteiger partial charge in [0.1, 0.15) is 5.69 Å². The number of nitrogens with zero attached hydrogens (tertiary/aromatic N) is 3. The van der Waals surface area contributed by atoms with Crippen LogP contribution in [-0.2, 0) is 21.4 Å². The highest BCUT2D eigenvalue weighted by Crippen LogP contribution is 2.23. The van der Waals surface area contributed by atoms with Crippen LogP contribution in [0.4, 0.5) is 11.4 Å². The smallest absolute Gasteiger partial charge is 0.313 e. The molecule has 1 aliphatic rings. The van der Waals surface area contributed by atoms with Gasteiger partial charge in [-0.2, -0.15) is 0 Å². The topological polar surface area (TPSA) is 119 Å². The SMILES string of the molecule is Cn1cccc1C(CNC(=O)C(=O)Nc1ccccc1[N+](=O)[O-])N1CCOCC1. The molecule has 1 fully saturated rings. The number of morpholine rings is 1. The lowest BCUT2D eigenvalue weighted by atomic mass is 10.1. The van der Waals surface area contributed by atoms with Crippen LogP contribution in [0.3, 0.4) is 0 Å². The highest BCUT2D eigenvalue weighted by Gasteiger charge is 2.26. The number of hydrogen-bond donors (Lipinski definition) is 2. The van der Waals surface area contributed by atoms with Gasteiger partial charge in [-0.05, 0) is 18.2 Å². The molecular weight excluding hydrogens is 378 g/mol. The standard InChI is InChI=1S/C19H23N5O5/c1-22-8-4-7-16(22)17(23-9-11-29-12-10-23)13-20-18(25)19(26)21-14-5-2-3-6-15(14)24(27)28/h2-8,17H,9-13H2,1H3,(H,20,25)(H,21,26). The number of ether oxygens (including phenoxy) is 1. The van der Waals surface area contributed by atoms with Crippen LogP contribution >= 0.6 is 0 Å². The Morgan fingerprint density at radius 3 is 2.55 bits per heavy atom. The van der Waals surface area contributed by atoms with Crippen LogP contribution in [-0.4, -0.2) is 59.1 Å². The minimum absolute atomic E-state index is 0.0233. The van der Waals surface area contributed by atoms with Crippen molar-refractivity contribution in [1.82, 2.24) is 14.8 Å². The Kier molecular flexibility index (Phi) is 6.57. The molecule has 10 nitrogen and oxygen atoms in total. The van der Waals surface area contributed by atoms with Gasteiger partial charge in [-0.15, -0.1) is 0 Å². The lowest BCUT2D eigenvalue weighted by Gasteiger charge is -2.34. The number of nitrogens with one attached hydrogen (secondary N) is 2. The van der Waals surface area contributed by atoms with Crippen molar-refractivity contribution in [2.24, 2.45) is 7.05 Å². The number of hydrogen-bond acceptors (Lipinski definition) is 6. The molecule has 2 amide bonds. The molecule has 1 aromatic heterocycles. The Balaban J connectivity index is 1.66. The van der Waals surface area contributed by atoms with E-state index in [4.69, 9.17) is 4.74 Å². The Morgan fingerprint density at radius 1 is 1.17 bits per heavy atom. The minimum atomic E-state index is -0.952. The number of rotatable bonds is 6. The maximum Gasteiger partial charge on any atom is 0.313 e. The van der Waals surface area contributed by atoms with Crippen LogP contribution in [0.15, 0.2) is 42.6 Å². The minimum Gasteiger partial charge on any atom is -0.379 e. The third-order valence-corrected chi connectivity index (χ3v) is 4.82. The van der Waals surface area contributed by atoms with Crippen LogP contribution in [0.2, 0.25) is 0 Å². The molecule has 2 aromatic rings. The fourth-order valence-corrected chi connectivity index (χ4v) is 3.32. The molecule has 1 unspecified atom stereocenters. The van der Waals surface area contributed by atoms with Gasteiger partial charge >= 0.3 is 11.8 Å². The van der Waals surface area contributed by atoms with Crippen molar-refractivity contribution in [1.29, 1.82) is 0 Å². The van der Waals surface area contributed by atoms with Crippen molar-refractivity contribution >= 4 is 23.2 Å². The summed E-state index contributed by atoms with van der Waals surface area (Å²) in [5.74, 6) is -1.80. The molecule has 0 aliphatic carbocycles. The number of aromatic nitrogens is 1. The van der Waals surface area contributed by atoms with Crippen molar-refractivity contribution in [2.75, 3.05) is 38.2 Å². The monoisotopic (exact) mass is 401 g/mol. The number of carbonyl (C=O) groups is 2. The zero-order valence-electron chi connectivity index (χ0n) is 16.0. The number of nitro benzene ring substituents is 1. The fourth-order valence-electron chi connectivity index (χ4n) is 3.32. The van der Waals surface area contributed by atoms with Crippen molar-refractivity contribution in [2.45, 2.75) is 6.04 Å². The van der Waals surface area contributed by atoms with Crippen molar-refractivity contribution in [3.8, 4) is 0 Å². The highest BCUT2D eigenvalue weighted by atomic mass is 16.6. The Labute approximate surface area is 167 Å². The lowest BCUT2D eigenvalue weighted by molar-refractivity contribution is -0.383. The second-order valence-corrected chi connectivity index (χ2v) is 6.65. The molecule has 1 atom stereocenters. The van der Waals surface area contributed by atoms with Crippen LogP contribution in [0.1, 0.15) is 11.7 Å². The summed E-state index contributed by atoms with van der Waals surface area (Å²) in [7, 11) is 1.92. The summed E-state index contributed by atoms with van der Waals surface area (Å²) in [6.45, 7) is 2.86. The van der Waals surface area contributed by atoms with E-state index in [1.54, 1.807) is 6.07 Å². The van der Waals surface area contributed by atoms with Gasteiger partial charge in [-0.3, -0.25) is 24.6 Å². The van der Waals surface area contributed by atoms with E-state index in [0.29, 0.717) is 26.3 Å². The first kappa shape index (κ1) is 20.5. The van der Waals surface area contributed by atoms with E-state index >= 15 is 0 Å². The van der Waals surface area contributed by atoms with E-state index in [1.807, 2.05) is 29.9 Å². The summed E-state index contributed by atoms with van der Waals surface area (Å²) in [4.78, 5) is 37.2. The number of anilines is 1. The molecule has 2 heterocycles. The number of nitro groups is 1. The zero-order valence-corrected chi connectivity index (χ0v) is 16.0. The molecule has 0 saturated carbocycles. The van der Waals surface area contributed by atoms with Crippen molar-refractivity contribution in [3.63, 3.8) is 0 Å². The molecule has 154 valence electrons. The van der Waals surface area contributed by atoms with Crippen LogP contribution in [0.5, 0.6) is 0 Å². The average molecular weight is 401 g/mol. The lowest BCUT2D eigenvalue weighted by Crippen LogP contribution is -2.46. The van der Waals surface area contributed by atoms with Crippen molar-refractivity contribution in [3.05, 3.63) is 58.4 Å². The van der Waals surface area contributed by atoms with Crippen molar-refractivity contribution < 1.29 is 19.2 Å². The number of benzene rings is 1. The normalized spacial score (nSPS) is 15.5. The summed E-state index contributed by atoms with van der Waals surface area (Å²) >= 11 is 0. The zero-order chi connectivity index (χ0) is 20.8. The molecular formula is C19H23N5O5. The third kappa shape index (κ3) is 4.98. The molecule has 0 radical (unpaired) electrons. The van der Waals surface area contributed by atoms with Crippen LogP contribution in [0.25, 0.3) is 0 Å². The van der Waals surface area contributed by atoms with Gasteiger partial charge in [0.25, 0.3) is 5.69 Å². The molecule has 29 heavy (non-hydrogen) atoms. The Morgan fingerprint density at radius 2 is 1.90 bits per heavy atom. The average Bonchev–Trinajstić information content (AvgIpc) is 3.14. The largest absolute Gasteiger partial charge is 0.379 e.